The second-order valence-electron chi connectivity index (χ2n) is 27.7. The van der Waals surface area contributed by atoms with Gasteiger partial charge in [0.25, 0.3) is 0 Å². The molecule has 0 spiro atoms. The van der Waals surface area contributed by atoms with E-state index in [4.69, 9.17) is 57.0 Å². The number of anilines is 1. The summed E-state index contributed by atoms with van der Waals surface area (Å²) >= 11 is 28.2. The molecule has 0 fully saturated rings. The Balaban J connectivity index is 0.00000134. The number of carboxylic acids is 1. The van der Waals surface area contributed by atoms with E-state index in [1.54, 1.807) is 16.8 Å². The van der Waals surface area contributed by atoms with Crippen molar-refractivity contribution in [2.24, 2.45) is 5.84 Å². The van der Waals surface area contributed by atoms with Crippen molar-refractivity contribution in [2.45, 2.75) is 191 Å². The third-order valence-corrected chi connectivity index (χ3v) is 19.8. The normalized spacial score (nSPS) is 11.0. The molecule has 2 aromatic heterocycles. The second-order valence-corrected chi connectivity index (χ2v) is 34.8. The number of rotatable bonds is 23. The maximum Gasteiger partial charge on any atom is 1.00 e. The summed E-state index contributed by atoms with van der Waals surface area (Å²) < 4.78 is 18.1. The first-order valence-electron chi connectivity index (χ1n) is 32.9. The molecule has 0 amide bonds. The minimum Gasteiger partial charge on any atom is -0.870 e. The number of carboxylic acid groups (broad SMARTS) is 1. The molecule has 2 heterocycles. The Bertz CT molecular complexity index is 3990. The summed E-state index contributed by atoms with van der Waals surface area (Å²) in [5, 5.41) is 15.9. The standard InChI is InChI=1S/C25H30ClNO2S.C24H28ClNO2S.C16H19ClN2.C9H16O3S.C5H7ClO3.ClH.Li.H2O/c1-16(2)18-9-12-21-20(13-18)24(30-25(3,4)5)22(14-23(28)29-6)27(21)15-17-7-10-19(26)11-8-17;1-15(2)17-8-11-20-19(12-17)23(29-24(3,4)5)21(13-22(27)28)26(20)14-16-6-9-18(25)10-7-16;1-12(2)14-5-9-16(10-6-14)19(18)11-13-3-7-15(17)8-4-13;1-9(2,3)13-6-7(10)5-8(11)12-4;1-9-5(8)2-4(7)3-6;;;/h7-13,16H,14-15H2,1-6H3;6-12,15H,13-14H2,1-5H3,(H,27,28);3-10,12H,11,18H2,1-2H3;5-6H2,1-4H3;2-3H2,1H3;1H;;1H2/q;;;;;;+1;. The molecule has 558 valence electrons. The van der Waals surface area contributed by atoms with Gasteiger partial charge in [-0.1, -0.05) is 199 Å². The monoisotopic (exact) mass is 1560 g/mol. The van der Waals surface area contributed by atoms with Gasteiger partial charge in [0.05, 0.1) is 58.0 Å². The Labute approximate surface area is 662 Å². The number of alkyl halides is 1. The molecule has 6 aromatic carbocycles. The fourth-order valence-electron chi connectivity index (χ4n) is 9.75. The number of aliphatic carboxylic acids is 1. The van der Waals surface area contributed by atoms with Gasteiger partial charge in [-0.3, -0.25) is 28.8 Å². The number of thioether (sulfide) groups is 3. The molecule has 8 aromatic rings. The van der Waals surface area contributed by atoms with Crippen molar-refractivity contribution in [3.63, 3.8) is 0 Å². The van der Waals surface area contributed by atoms with Crippen LogP contribution in [0.3, 0.4) is 0 Å². The van der Waals surface area contributed by atoms with Gasteiger partial charge in [-0.15, -0.1) is 59.3 Å². The van der Waals surface area contributed by atoms with Crippen LogP contribution in [0.1, 0.15) is 181 Å². The Hall–Kier alpha value is -5.56. The fourth-order valence-corrected chi connectivity index (χ4v) is 13.3. The van der Waals surface area contributed by atoms with Crippen LogP contribution in [0, 0.1) is 0 Å². The molecule has 0 saturated heterocycles. The Morgan fingerprint density at radius 2 is 0.864 bits per heavy atom. The maximum absolute atomic E-state index is 12.3. The first kappa shape index (κ1) is 95.4. The number of halogens is 5. The zero-order valence-electron chi connectivity index (χ0n) is 63.9. The number of Topliss-reactive ketones (excluding diaryl/α,β-unsaturated/α-hetero) is 2. The molecular formula is C79H103Cl5LiN4O11S3+. The van der Waals surface area contributed by atoms with Crippen molar-refractivity contribution in [3.05, 3.63) is 193 Å². The van der Waals surface area contributed by atoms with Crippen molar-refractivity contribution in [3.8, 4) is 0 Å². The number of aromatic nitrogens is 2. The smallest absolute Gasteiger partial charge is 0.870 e. The number of ketones is 2. The second kappa shape index (κ2) is 45.2. The van der Waals surface area contributed by atoms with Crippen LogP contribution in [-0.2, 0) is 75.5 Å². The fraction of sp³-hybridized carbons (Fsp3) is 0.418. The number of fused-ring (bicyclic) bond motifs is 2. The van der Waals surface area contributed by atoms with Gasteiger partial charge in [0.2, 0.25) is 0 Å². The minimum absolute atomic E-state index is 0. The summed E-state index contributed by atoms with van der Waals surface area (Å²) in [4.78, 5) is 68.8. The number of nitrogens with two attached hydrogens (primary N) is 1. The number of methoxy groups -OCH3 is 3. The minimum atomic E-state index is -0.815. The van der Waals surface area contributed by atoms with Crippen LogP contribution in [0.4, 0.5) is 5.69 Å². The summed E-state index contributed by atoms with van der Waals surface area (Å²) in [6.45, 7) is 34.3. The van der Waals surface area contributed by atoms with Gasteiger partial charge in [-0.05, 0) is 124 Å². The molecule has 0 aliphatic rings. The molecule has 4 N–H and O–H groups in total. The van der Waals surface area contributed by atoms with E-state index in [-0.39, 0.29) is 102 Å². The molecule has 0 atom stereocenters. The van der Waals surface area contributed by atoms with Crippen molar-refractivity contribution in [1.82, 2.24) is 9.13 Å². The Kier molecular flexibility index (Phi) is 41.9. The number of nitrogens with zero attached hydrogens (tertiary/aromatic N) is 3. The van der Waals surface area contributed by atoms with Gasteiger partial charge < -0.3 is 38.9 Å². The number of hydrogen-bond donors (Lipinski definition) is 2. The van der Waals surface area contributed by atoms with E-state index < -0.39 is 17.9 Å². The Morgan fingerprint density at radius 1 is 0.515 bits per heavy atom. The number of hydrazine groups is 1. The molecule has 0 aliphatic carbocycles. The average Bonchev–Trinajstić information content (AvgIpc) is 1.61. The maximum atomic E-state index is 12.3. The zero-order chi connectivity index (χ0) is 75.0. The molecule has 15 nitrogen and oxygen atoms in total. The van der Waals surface area contributed by atoms with Crippen molar-refractivity contribution in [1.29, 1.82) is 0 Å². The quantitative estimate of drug-likeness (QED) is 0.00889. The van der Waals surface area contributed by atoms with E-state index in [1.165, 1.54) is 60.1 Å². The van der Waals surface area contributed by atoms with Crippen LogP contribution in [0.15, 0.2) is 143 Å². The number of hydrogen-bond acceptors (Lipinski definition) is 15. The first-order valence-corrected chi connectivity index (χ1v) is 37.2. The molecule has 0 saturated carbocycles. The van der Waals surface area contributed by atoms with Crippen molar-refractivity contribution >= 4 is 157 Å². The summed E-state index contributed by atoms with van der Waals surface area (Å²) in [6.07, 6.45) is -0.0918. The predicted molar refractivity (Wildman–Crippen MR) is 430 cm³/mol. The SMILES string of the molecule is CC(C)c1ccc(N(N)Cc2ccc(Cl)cc2)cc1.CC(C)c1ccc2c(c1)c(SC(C)(C)C)c(CC(=O)O)n2Cc1ccc(Cl)cc1.COC(=O)CC(=O)CCl.COC(=O)CC(=O)CSC(C)(C)C.COC(=O)Cc1c(SC(C)(C)C)c2cc(C(C)C)ccc2n1Cc1ccc(Cl)cc1.Cl.[H+].[Li+].[OH-]. The summed E-state index contributed by atoms with van der Waals surface area (Å²) in [5.41, 5.74) is 12.4. The van der Waals surface area contributed by atoms with Gasteiger partial charge >= 0.3 is 44.2 Å². The number of carbonyl (C=O) groups is 6. The van der Waals surface area contributed by atoms with Gasteiger partial charge in [-0.2, -0.15) is 0 Å². The number of benzene rings is 6. The summed E-state index contributed by atoms with van der Waals surface area (Å²) in [7, 11) is 3.96. The number of ether oxygens (including phenoxy) is 3. The molecule has 0 aliphatic heterocycles. The molecule has 103 heavy (non-hydrogen) atoms. The van der Waals surface area contributed by atoms with Crippen molar-refractivity contribution < 1.29 is 73.8 Å². The Morgan fingerprint density at radius 3 is 1.19 bits per heavy atom. The van der Waals surface area contributed by atoms with Crippen molar-refractivity contribution in [2.75, 3.05) is 38.0 Å². The number of carbonyl (C=O) groups excluding carboxylic acids is 5. The topological polar surface area (TPSA) is 219 Å². The number of esters is 3. The van der Waals surface area contributed by atoms with Crippen LogP contribution >= 0.6 is 94.1 Å². The van der Waals surface area contributed by atoms with E-state index in [0.717, 1.165) is 65.1 Å². The van der Waals surface area contributed by atoms with E-state index >= 15 is 0 Å². The molecule has 8 rings (SSSR count). The summed E-state index contributed by atoms with van der Waals surface area (Å²) in [6, 6.07) is 44.9. The molecule has 0 bridgehead atoms. The first-order chi connectivity index (χ1) is 46.7. The van der Waals surface area contributed by atoms with E-state index in [1.807, 2.05) is 105 Å². The summed E-state index contributed by atoms with van der Waals surface area (Å²) in [5.74, 6) is 5.29. The van der Waals surface area contributed by atoms with Crippen LogP contribution in [0.2, 0.25) is 15.1 Å². The molecule has 0 radical (unpaired) electrons. The third-order valence-electron chi connectivity index (χ3n) is 14.9. The van der Waals surface area contributed by atoms with Crippen LogP contribution < -0.4 is 29.7 Å². The van der Waals surface area contributed by atoms with Crippen LogP contribution in [0.25, 0.3) is 21.8 Å². The molecular weight excluding hydrogens is 1460 g/mol. The van der Waals surface area contributed by atoms with Gasteiger partial charge in [0, 0.05) is 85.4 Å². The third kappa shape index (κ3) is 33.4. The van der Waals surface area contributed by atoms with E-state index in [0.29, 0.717) is 48.2 Å². The largest absolute Gasteiger partial charge is 1.00 e. The zero-order valence-corrected chi connectivity index (χ0v) is 69.2. The van der Waals surface area contributed by atoms with Crippen LogP contribution in [0.5, 0.6) is 0 Å². The molecule has 24 heteroatoms. The predicted octanol–water partition coefficient (Wildman–Crippen LogP) is 17.8. The molecule has 0 unspecified atom stereocenters. The average molecular weight is 1570 g/mol. The van der Waals surface area contributed by atoms with Crippen LogP contribution in [-0.4, -0.2) is 102 Å². The van der Waals surface area contributed by atoms with E-state index in [9.17, 15) is 33.9 Å². The van der Waals surface area contributed by atoms with Gasteiger partial charge in [-0.25, -0.2) is 5.84 Å². The van der Waals surface area contributed by atoms with Gasteiger partial charge in [0.15, 0.2) is 11.6 Å². The van der Waals surface area contributed by atoms with E-state index in [2.05, 4.69) is 162 Å². The van der Waals surface area contributed by atoms with Gasteiger partial charge in [0.1, 0.15) is 12.8 Å².